The SMILES string of the molecule is CCCCCCNC(=O)N(CCCc1ccccc1)c1cccc(Sc2ccc(CC(=O)OCC)cc2)c1. The summed E-state index contributed by atoms with van der Waals surface area (Å²) in [5, 5.41) is 3.13. The summed E-state index contributed by atoms with van der Waals surface area (Å²) in [6.07, 6.45) is 6.59. The molecule has 0 aliphatic carbocycles. The number of ether oxygens (including phenoxy) is 1. The lowest BCUT2D eigenvalue weighted by atomic mass is 10.1. The van der Waals surface area contributed by atoms with Crippen molar-refractivity contribution in [3.8, 4) is 0 Å². The van der Waals surface area contributed by atoms with Gasteiger partial charge in [-0.1, -0.05) is 86.5 Å². The molecule has 2 amide bonds. The number of unbranched alkanes of at least 4 members (excludes halogenated alkanes) is 3. The number of benzene rings is 3. The first kappa shape index (κ1) is 29.3. The number of esters is 1. The molecule has 0 atom stereocenters. The van der Waals surface area contributed by atoms with Crippen LogP contribution in [0.15, 0.2) is 88.7 Å². The van der Waals surface area contributed by atoms with E-state index in [1.165, 1.54) is 18.4 Å². The largest absolute Gasteiger partial charge is 0.466 e. The minimum atomic E-state index is -0.211. The normalized spacial score (nSPS) is 10.7. The highest BCUT2D eigenvalue weighted by atomic mass is 32.2. The number of rotatable bonds is 15. The number of hydrogen-bond acceptors (Lipinski definition) is 4. The Morgan fingerprint density at radius 3 is 2.34 bits per heavy atom. The average molecular weight is 533 g/mol. The van der Waals surface area contributed by atoms with Gasteiger partial charge in [-0.15, -0.1) is 0 Å². The molecule has 38 heavy (non-hydrogen) atoms. The Bertz CT molecular complexity index is 1120. The lowest BCUT2D eigenvalue weighted by molar-refractivity contribution is -0.142. The van der Waals surface area contributed by atoms with Crippen LogP contribution in [0.5, 0.6) is 0 Å². The van der Waals surface area contributed by atoms with Gasteiger partial charge in [0.2, 0.25) is 0 Å². The standard InChI is InChI=1S/C32H40N2O3S/c1-3-5-6-10-22-33-32(36)34(23-12-15-26-13-8-7-9-14-26)28-16-11-17-30(25-28)38-29-20-18-27(19-21-29)24-31(35)37-4-2/h7-9,11,13-14,16-21,25H,3-6,10,12,15,22-24H2,1-2H3,(H,33,36). The molecule has 1 N–H and O–H groups in total. The number of carbonyl (C=O) groups is 2. The van der Waals surface area contributed by atoms with E-state index in [0.717, 1.165) is 46.7 Å². The Balaban J connectivity index is 1.66. The molecule has 0 aliphatic rings. The second-order valence-corrected chi connectivity index (χ2v) is 10.4. The molecule has 202 valence electrons. The predicted octanol–water partition coefficient (Wildman–Crippen LogP) is 7.67. The van der Waals surface area contributed by atoms with Crippen molar-refractivity contribution in [2.45, 2.75) is 68.6 Å². The highest BCUT2D eigenvalue weighted by molar-refractivity contribution is 7.99. The minimum absolute atomic E-state index is 0.0416. The molecule has 0 spiro atoms. The smallest absolute Gasteiger partial charge is 0.321 e. The fourth-order valence-corrected chi connectivity index (χ4v) is 5.05. The summed E-state index contributed by atoms with van der Waals surface area (Å²) in [6.45, 7) is 5.74. The zero-order valence-corrected chi connectivity index (χ0v) is 23.5. The molecule has 3 rings (SSSR count). The monoisotopic (exact) mass is 532 g/mol. The molecule has 3 aromatic carbocycles. The molecule has 3 aromatic rings. The van der Waals surface area contributed by atoms with Gasteiger partial charge in [0.1, 0.15) is 0 Å². The van der Waals surface area contributed by atoms with E-state index in [9.17, 15) is 9.59 Å². The van der Waals surface area contributed by atoms with Crippen LogP contribution in [0.4, 0.5) is 10.5 Å². The van der Waals surface area contributed by atoms with Crippen LogP contribution in [0.25, 0.3) is 0 Å². The summed E-state index contributed by atoms with van der Waals surface area (Å²) in [7, 11) is 0. The number of carbonyl (C=O) groups excluding carboxylic acids is 2. The third-order valence-electron chi connectivity index (χ3n) is 6.18. The Kier molecular flexibility index (Phi) is 12.8. The van der Waals surface area contributed by atoms with Gasteiger partial charge in [0.25, 0.3) is 0 Å². The van der Waals surface area contributed by atoms with E-state index < -0.39 is 0 Å². The van der Waals surface area contributed by atoms with Crippen molar-refractivity contribution in [2.24, 2.45) is 0 Å². The number of aryl methyl sites for hydroxylation is 1. The molecular formula is C32H40N2O3S. The number of nitrogens with one attached hydrogen (secondary N) is 1. The third-order valence-corrected chi connectivity index (χ3v) is 7.18. The van der Waals surface area contributed by atoms with Gasteiger partial charge in [0.05, 0.1) is 13.0 Å². The highest BCUT2D eigenvalue weighted by Crippen LogP contribution is 2.31. The van der Waals surface area contributed by atoms with Crippen LogP contribution in [-0.2, 0) is 22.4 Å². The third kappa shape index (κ3) is 10.3. The zero-order chi connectivity index (χ0) is 27.0. The van der Waals surface area contributed by atoms with Crippen LogP contribution < -0.4 is 10.2 Å². The molecule has 0 saturated carbocycles. The summed E-state index contributed by atoms with van der Waals surface area (Å²) in [6, 6.07) is 26.5. The van der Waals surface area contributed by atoms with Crippen molar-refractivity contribution in [2.75, 3.05) is 24.6 Å². The Hall–Kier alpha value is -3.25. The molecule has 0 fully saturated rings. The molecule has 0 aliphatic heterocycles. The van der Waals surface area contributed by atoms with Crippen LogP contribution in [0, 0.1) is 0 Å². The predicted molar refractivity (Wildman–Crippen MR) is 157 cm³/mol. The lowest BCUT2D eigenvalue weighted by Gasteiger charge is -2.24. The fourth-order valence-electron chi connectivity index (χ4n) is 4.18. The number of nitrogens with zero attached hydrogens (tertiary/aromatic N) is 1. The first-order valence-electron chi connectivity index (χ1n) is 13.7. The second kappa shape index (κ2) is 16.6. The van der Waals surface area contributed by atoms with E-state index in [4.69, 9.17) is 4.74 Å². The van der Waals surface area contributed by atoms with Crippen molar-refractivity contribution >= 4 is 29.4 Å². The van der Waals surface area contributed by atoms with E-state index in [1.807, 2.05) is 54.3 Å². The maximum atomic E-state index is 13.2. The van der Waals surface area contributed by atoms with Gasteiger partial charge in [-0.2, -0.15) is 0 Å². The Labute approximate surface area is 232 Å². The van der Waals surface area contributed by atoms with Crippen molar-refractivity contribution in [3.63, 3.8) is 0 Å². The van der Waals surface area contributed by atoms with Crippen LogP contribution in [0.1, 0.15) is 57.1 Å². The van der Waals surface area contributed by atoms with Gasteiger partial charge < -0.3 is 10.1 Å². The Morgan fingerprint density at radius 1 is 0.816 bits per heavy atom. The van der Waals surface area contributed by atoms with Gasteiger partial charge in [-0.05, 0) is 67.6 Å². The van der Waals surface area contributed by atoms with Crippen molar-refractivity contribution in [1.29, 1.82) is 0 Å². The quantitative estimate of drug-likeness (QED) is 0.161. The van der Waals surface area contributed by atoms with Crippen molar-refractivity contribution < 1.29 is 14.3 Å². The lowest BCUT2D eigenvalue weighted by Crippen LogP contribution is -2.41. The fraction of sp³-hybridized carbons (Fsp3) is 0.375. The second-order valence-electron chi connectivity index (χ2n) is 9.26. The van der Waals surface area contributed by atoms with E-state index in [2.05, 4.69) is 48.6 Å². The maximum Gasteiger partial charge on any atom is 0.321 e. The Morgan fingerprint density at radius 2 is 1.61 bits per heavy atom. The molecule has 0 heterocycles. The highest BCUT2D eigenvalue weighted by Gasteiger charge is 2.16. The number of anilines is 1. The molecule has 0 aromatic heterocycles. The molecule has 6 heteroatoms. The first-order chi connectivity index (χ1) is 18.6. The summed E-state index contributed by atoms with van der Waals surface area (Å²) in [5.74, 6) is -0.211. The molecule has 0 bridgehead atoms. The average Bonchev–Trinajstić information content (AvgIpc) is 2.93. The maximum absolute atomic E-state index is 13.2. The van der Waals surface area contributed by atoms with Gasteiger partial charge in [-0.3, -0.25) is 9.69 Å². The first-order valence-corrected chi connectivity index (χ1v) is 14.5. The summed E-state index contributed by atoms with van der Waals surface area (Å²) in [5.41, 5.74) is 3.11. The van der Waals surface area contributed by atoms with E-state index in [1.54, 1.807) is 11.8 Å². The molecular weight excluding hydrogens is 492 g/mol. The van der Waals surface area contributed by atoms with Crippen LogP contribution in [0.3, 0.4) is 0 Å². The summed E-state index contributed by atoms with van der Waals surface area (Å²) < 4.78 is 5.04. The van der Waals surface area contributed by atoms with Gasteiger partial charge in [-0.25, -0.2) is 4.79 Å². The van der Waals surface area contributed by atoms with Crippen LogP contribution in [-0.4, -0.2) is 31.7 Å². The molecule has 0 saturated heterocycles. The van der Waals surface area contributed by atoms with Gasteiger partial charge in [0.15, 0.2) is 0 Å². The van der Waals surface area contributed by atoms with Gasteiger partial charge >= 0.3 is 12.0 Å². The minimum Gasteiger partial charge on any atom is -0.466 e. The number of hydrogen-bond donors (Lipinski definition) is 1. The van der Waals surface area contributed by atoms with E-state index in [-0.39, 0.29) is 18.4 Å². The zero-order valence-electron chi connectivity index (χ0n) is 22.7. The molecule has 5 nitrogen and oxygen atoms in total. The van der Waals surface area contributed by atoms with Gasteiger partial charge in [0, 0.05) is 28.6 Å². The topological polar surface area (TPSA) is 58.6 Å². The van der Waals surface area contributed by atoms with Crippen molar-refractivity contribution in [1.82, 2.24) is 5.32 Å². The molecule has 0 unspecified atom stereocenters. The van der Waals surface area contributed by atoms with Crippen LogP contribution in [0.2, 0.25) is 0 Å². The number of urea groups is 1. The van der Waals surface area contributed by atoms with Crippen LogP contribution >= 0.6 is 11.8 Å². The van der Waals surface area contributed by atoms with Crippen molar-refractivity contribution in [3.05, 3.63) is 90.0 Å². The van der Waals surface area contributed by atoms with E-state index in [0.29, 0.717) is 19.7 Å². The summed E-state index contributed by atoms with van der Waals surface area (Å²) in [4.78, 5) is 29.0. The number of amides is 2. The summed E-state index contributed by atoms with van der Waals surface area (Å²) >= 11 is 1.64. The van der Waals surface area contributed by atoms with E-state index >= 15 is 0 Å². The molecule has 0 radical (unpaired) electrons.